The number of amides is 1. The zero-order chi connectivity index (χ0) is 39.5. The van der Waals surface area contributed by atoms with E-state index in [9.17, 15) is 24.6 Å². The molecule has 3 N–H and O–H groups in total. The van der Waals surface area contributed by atoms with E-state index < -0.39 is 17.5 Å². The summed E-state index contributed by atoms with van der Waals surface area (Å²) in [5.74, 6) is -0.0403. The molecule has 0 radical (unpaired) electrons. The summed E-state index contributed by atoms with van der Waals surface area (Å²) >= 11 is 0. The van der Waals surface area contributed by atoms with Gasteiger partial charge in [-0.05, 0) is 105 Å². The number of aliphatic carboxylic acids is 1. The van der Waals surface area contributed by atoms with Crippen molar-refractivity contribution in [2.24, 2.45) is 24.9 Å². The van der Waals surface area contributed by atoms with Crippen molar-refractivity contribution in [3.63, 3.8) is 0 Å². The average molecular weight is 762 g/mol. The van der Waals surface area contributed by atoms with Gasteiger partial charge in [-0.3, -0.25) is 24.2 Å². The number of carbonyl (C=O) groups excluding carboxylic acids is 2. The Bertz CT molecular complexity index is 2210. The number of anilines is 1. The molecule has 12 heteroatoms. The number of aliphatic hydroxyl groups is 1. The quantitative estimate of drug-likeness (QED) is 0.156. The first kappa shape index (κ1) is 38.2. The zero-order valence-electron chi connectivity index (χ0n) is 33.5. The molecule has 296 valence electrons. The van der Waals surface area contributed by atoms with Gasteiger partial charge >= 0.3 is 5.97 Å². The number of aromatic nitrogens is 4. The third-order valence-electron chi connectivity index (χ3n) is 13.7. The summed E-state index contributed by atoms with van der Waals surface area (Å²) in [6.45, 7) is 10.4. The standard InChI is InChI=1S/C44H55N7O5/c1-27(52)23-51-20-13-36-35(25-51)45-39(48(36)4)38(53)22-30-8-6-9-31(28(30)2)32-10-7-11-33(29(32)3)47-41(54)40-46-34-24-50(19-12-37(34)49(40)5)21-18-43-14-16-44(26-43,17-15-43)42(55)56/h6-11,27,52H,12-26H2,1-5H3,(H,47,54)(H,55,56)/t27-,43?,44?/m1/s1. The smallest absolute Gasteiger partial charge is 0.309 e. The number of nitrogens with zero attached hydrogens (tertiary/aromatic N) is 6. The molecule has 8 rings (SSSR count). The number of hydrogen-bond donors (Lipinski definition) is 3. The molecule has 1 atom stereocenters. The number of aliphatic hydroxyl groups excluding tert-OH is 1. The molecule has 2 aromatic carbocycles. The van der Waals surface area contributed by atoms with Gasteiger partial charge in [0.1, 0.15) is 0 Å². The first-order chi connectivity index (χ1) is 26.8. The Morgan fingerprint density at radius 1 is 0.839 bits per heavy atom. The number of carbonyl (C=O) groups is 3. The van der Waals surface area contributed by atoms with Crippen LogP contribution in [-0.2, 0) is 51.2 Å². The second kappa shape index (κ2) is 14.7. The number of fused-ring (bicyclic) bond motifs is 4. The molecule has 2 aliphatic heterocycles. The van der Waals surface area contributed by atoms with Crippen LogP contribution in [-0.4, -0.2) is 89.1 Å². The SMILES string of the molecule is Cc1c(CC(=O)c2nc3c(n2C)CCN(C[C@@H](C)O)C3)cccc1-c1cccc(NC(=O)c2nc3c(n2C)CCN(CCC24CCC(C(=O)O)(CC2)C4)C3)c1C. The summed E-state index contributed by atoms with van der Waals surface area (Å²) < 4.78 is 3.88. The maximum absolute atomic E-state index is 13.8. The molecule has 4 aliphatic rings. The second-order valence-electron chi connectivity index (χ2n) is 17.3. The minimum atomic E-state index is -0.614. The van der Waals surface area contributed by atoms with Gasteiger partial charge in [0.25, 0.3) is 5.91 Å². The molecule has 0 unspecified atom stereocenters. The predicted molar refractivity (Wildman–Crippen MR) is 214 cm³/mol. The van der Waals surface area contributed by atoms with E-state index in [4.69, 9.17) is 9.97 Å². The highest BCUT2D eigenvalue weighted by Crippen LogP contribution is 2.63. The molecule has 4 heterocycles. The van der Waals surface area contributed by atoms with Crippen LogP contribution in [0.4, 0.5) is 5.69 Å². The highest BCUT2D eigenvalue weighted by molar-refractivity contribution is 6.03. The topological polar surface area (TPSA) is 146 Å². The minimum absolute atomic E-state index is 0.0306. The molecule has 2 fully saturated rings. The minimum Gasteiger partial charge on any atom is -0.481 e. The van der Waals surface area contributed by atoms with Crippen LogP contribution in [0.2, 0.25) is 0 Å². The van der Waals surface area contributed by atoms with E-state index in [-0.39, 0.29) is 23.5 Å². The van der Waals surface area contributed by atoms with E-state index in [0.29, 0.717) is 37.0 Å². The number of carboxylic acid groups (broad SMARTS) is 1. The summed E-state index contributed by atoms with van der Waals surface area (Å²) in [7, 11) is 3.84. The molecule has 56 heavy (non-hydrogen) atoms. The predicted octanol–water partition coefficient (Wildman–Crippen LogP) is 5.64. The molecule has 2 saturated carbocycles. The van der Waals surface area contributed by atoms with E-state index in [1.807, 2.05) is 61.3 Å². The summed E-state index contributed by atoms with van der Waals surface area (Å²) in [5.41, 5.74) is 9.27. The van der Waals surface area contributed by atoms with Crippen molar-refractivity contribution >= 4 is 23.3 Å². The van der Waals surface area contributed by atoms with E-state index in [1.165, 1.54) is 0 Å². The third kappa shape index (κ3) is 6.90. The van der Waals surface area contributed by atoms with Gasteiger partial charge in [0.05, 0.1) is 22.9 Å². The van der Waals surface area contributed by atoms with Gasteiger partial charge in [-0.2, -0.15) is 0 Å². The molecular weight excluding hydrogens is 707 g/mol. The Morgan fingerprint density at radius 3 is 2.11 bits per heavy atom. The lowest BCUT2D eigenvalue weighted by Gasteiger charge is -2.32. The molecular formula is C44H55N7O5. The Morgan fingerprint density at radius 2 is 1.45 bits per heavy atom. The summed E-state index contributed by atoms with van der Waals surface area (Å²) in [6, 6.07) is 12.0. The van der Waals surface area contributed by atoms with Crippen molar-refractivity contribution < 1.29 is 24.6 Å². The van der Waals surface area contributed by atoms with Crippen LogP contribution in [0.3, 0.4) is 0 Å². The number of carboxylic acids is 1. The van der Waals surface area contributed by atoms with Crippen LogP contribution in [0.1, 0.15) is 106 Å². The third-order valence-corrected chi connectivity index (χ3v) is 13.7. The van der Waals surface area contributed by atoms with Gasteiger partial charge < -0.3 is 24.7 Å². The number of hydrogen-bond acceptors (Lipinski definition) is 8. The lowest BCUT2D eigenvalue weighted by atomic mass is 9.80. The molecule has 12 nitrogen and oxygen atoms in total. The number of ketones is 1. The van der Waals surface area contributed by atoms with E-state index >= 15 is 0 Å². The van der Waals surface area contributed by atoms with Gasteiger partial charge in [0.15, 0.2) is 11.6 Å². The van der Waals surface area contributed by atoms with Crippen molar-refractivity contribution in [3.8, 4) is 11.1 Å². The Balaban J connectivity index is 0.938. The number of nitrogens with one attached hydrogen (secondary N) is 1. The van der Waals surface area contributed by atoms with Crippen LogP contribution in [0.25, 0.3) is 11.1 Å². The molecule has 0 saturated heterocycles. The monoisotopic (exact) mass is 761 g/mol. The lowest BCUT2D eigenvalue weighted by molar-refractivity contribution is -0.148. The Kier molecular flexibility index (Phi) is 10.0. The highest BCUT2D eigenvalue weighted by atomic mass is 16.4. The lowest BCUT2D eigenvalue weighted by Crippen LogP contribution is -2.36. The van der Waals surface area contributed by atoms with Gasteiger partial charge in [-0.1, -0.05) is 30.3 Å². The average Bonchev–Trinajstić information content (AvgIpc) is 3.92. The maximum atomic E-state index is 13.8. The largest absolute Gasteiger partial charge is 0.481 e. The van der Waals surface area contributed by atoms with Gasteiger partial charge in [-0.25, -0.2) is 9.97 Å². The first-order valence-electron chi connectivity index (χ1n) is 20.2. The van der Waals surface area contributed by atoms with E-state index in [2.05, 4.69) is 27.2 Å². The van der Waals surface area contributed by atoms with Crippen LogP contribution >= 0.6 is 0 Å². The first-order valence-corrected chi connectivity index (χ1v) is 20.2. The zero-order valence-corrected chi connectivity index (χ0v) is 33.5. The molecule has 2 bridgehead atoms. The van der Waals surface area contributed by atoms with Crippen LogP contribution in [0.15, 0.2) is 36.4 Å². The number of β-amino-alcohol motifs (C(OH)–C–C–N with tert-alkyl or cyclic N) is 1. The number of imidazole rings is 2. The normalized spacial score (nSPS) is 22.5. The van der Waals surface area contributed by atoms with Crippen molar-refractivity contribution in [2.75, 3.05) is 31.5 Å². The van der Waals surface area contributed by atoms with Gasteiger partial charge in [-0.15, -0.1) is 0 Å². The number of benzene rings is 2. The van der Waals surface area contributed by atoms with Crippen molar-refractivity contribution in [2.45, 2.75) is 97.8 Å². The van der Waals surface area contributed by atoms with Crippen molar-refractivity contribution in [1.29, 1.82) is 0 Å². The van der Waals surface area contributed by atoms with E-state index in [1.54, 1.807) is 6.92 Å². The molecule has 0 spiro atoms. The van der Waals surface area contributed by atoms with Gasteiger partial charge in [0.2, 0.25) is 5.78 Å². The highest BCUT2D eigenvalue weighted by Gasteiger charge is 2.57. The Hall–Kier alpha value is -4.65. The van der Waals surface area contributed by atoms with E-state index in [0.717, 1.165) is 122 Å². The van der Waals surface area contributed by atoms with Crippen LogP contribution < -0.4 is 5.32 Å². The van der Waals surface area contributed by atoms with Crippen molar-refractivity contribution in [1.82, 2.24) is 28.9 Å². The fourth-order valence-corrected chi connectivity index (χ4v) is 10.4. The van der Waals surface area contributed by atoms with Gasteiger partial charge in [0, 0.05) is 83.2 Å². The number of Topliss-reactive ketones (excluding diaryl/α,β-unsaturated/α-hetero) is 1. The molecule has 1 amide bonds. The van der Waals surface area contributed by atoms with Crippen LogP contribution in [0.5, 0.6) is 0 Å². The Labute approximate surface area is 328 Å². The van der Waals surface area contributed by atoms with Crippen LogP contribution in [0, 0.1) is 24.7 Å². The molecule has 2 aromatic heterocycles. The number of rotatable bonds is 12. The fraction of sp³-hybridized carbons (Fsp3) is 0.523. The maximum Gasteiger partial charge on any atom is 0.309 e. The molecule has 2 aliphatic carbocycles. The summed E-state index contributed by atoms with van der Waals surface area (Å²) in [5, 5.41) is 22.9. The second-order valence-corrected chi connectivity index (χ2v) is 17.3. The summed E-state index contributed by atoms with van der Waals surface area (Å²) in [4.78, 5) is 53.8. The molecule has 4 aromatic rings. The summed E-state index contributed by atoms with van der Waals surface area (Å²) in [6.07, 6.45) is 6.88. The van der Waals surface area contributed by atoms with Crippen molar-refractivity contribution in [3.05, 3.63) is 87.5 Å². The fourth-order valence-electron chi connectivity index (χ4n) is 10.4.